The molecule has 1 aromatic rings. The first-order chi connectivity index (χ1) is 12.5. The second kappa shape index (κ2) is 8.40. The van der Waals surface area contributed by atoms with Gasteiger partial charge < -0.3 is 14.4 Å². The number of rotatable bonds is 5. The molecule has 142 valence electrons. The highest BCUT2D eigenvalue weighted by Crippen LogP contribution is 2.37. The van der Waals surface area contributed by atoms with Crippen LogP contribution >= 0.6 is 11.6 Å². The minimum atomic E-state index is -0.577. The molecule has 1 amide bonds. The summed E-state index contributed by atoms with van der Waals surface area (Å²) in [5.41, 5.74) is 0.485. The van der Waals surface area contributed by atoms with Crippen LogP contribution in [0.4, 0.5) is 0 Å². The van der Waals surface area contributed by atoms with Crippen LogP contribution < -0.4 is 0 Å². The summed E-state index contributed by atoms with van der Waals surface area (Å²) < 4.78 is 10.7. The maximum absolute atomic E-state index is 12.8. The Morgan fingerprint density at radius 2 is 1.96 bits per heavy atom. The Bertz CT molecular complexity index is 632. The van der Waals surface area contributed by atoms with Crippen molar-refractivity contribution in [3.8, 4) is 0 Å². The van der Waals surface area contributed by atoms with Crippen LogP contribution in [0.3, 0.4) is 0 Å². The molecule has 1 atom stereocenters. The molecule has 2 fully saturated rings. The van der Waals surface area contributed by atoms with Gasteiger partial charge in [0.1, 0.15) is 0 Å². The smallest absolute Gasteiger partial charge is 0.312 e. The molecule has 5 nitrogen and oxygen atoms in total. The predicted molar refractivity (Wildman–Crippen MR) is 99.0 cm³/mol. The number of esters is 1. The Kier molecular flexibility index (Phi) is 6.20. The lowest BCUT2D eigenvalue weighted by molar-refractivity contribution is -0.160. The number of benzene rings is 1. The van der Waals surface area contributed by atoms with Gasteiger partial charge in [-0.2, -0.15) is 0 Å². The first-order valence-corrected chi connectivity index (χ1v) is 9.70. The second-order valence-corrected chi connectivity index (χ2v) is 7.63. The summed E-state index contributed by atoms with van der Waals surface area (Å²) in [7, 11) is 0. The Morgan fingerprint density at radius 1 is 1.27 bits per heavy atom. The number of carbonyl (C=O) groups excluding carboxylic acids is 2. The monoisotopic (exact) mass is 379 g/mol. The second-order valence-electron chi connectivity index (χ2n) is 7.19. The summed E-state index contributed by atoms with van der Waals surface area (Å²) in [4.78, 5) is 27.3. The molecule has 0 spiro atoms. The van der Waals surface area contributed by atoms with Gasteiger partial charge in [-0.3, -0.25) is 9.59 Å². The van der Waals surface area contributed by atoms with Crippen molar-refractivity contribution in [2.75, 3.05) is 32.9 Å². The summed E-state index contributed by atoms with van der Waals surface area (Å²) >= 11 is 5.97. The normalized spacial score (nSPS) is 22.2. The maximum atomic E-state index is 12.8. The average Bonchev–Trinajstić information content (AvgIpc) is 3.18. The van der Waals surface area contributed by atoms with Gasteiger partial charge in [-0.15, -0.1) is 0 Å². The van der Waals surface area contributed by atoms with Gasteiger partial charge in [0.25, 0.3) is 0 Å². The third-order valence-electron chi connectivity index (χ3n) is 5.48. The molecule has 2 saturated heterocycles. The minimum Gasteiger partial charge on any atom is -0.466 e. The lowest BCUT2D eigenvalue weighted by Crippen LogP contribution is -2.49. The molecule has 6 heteroatoms. The van der Waals surface area contributed by atoms with E-state index in [1.165, 1.54) is 0 Å². The van der Waals surface area contributed by atoms with E-state index in [0.717, 1.165) is 12.0 Å². The molecular formula is C20H26ClNO4. The van der Waals surface area contributed by atoms with Crippen molar-refractivity contribution < 1.29 is 19.1 Å². The molecule has 0 radical (unpaired) electrons. The zero-order valence-corrected chi connectivity index (χ0v) is 16.0. The van der Waals surface area contributed by atoms with E-state index in [2.05, 4.69) is 0 Å². The standard InChI is InChI=1S/C20H26ClNO4/c1-2-26-19(24)20(13-15-3-5-17(21)6-4-15)8-10-22(11-9-20)18(23)16-7-12-25-14-16/h3-6,16H,2,7-14H2,1H3. The molecule has 0 aromatic heterocycles. The van der Waals surface area contributed by atoms with Gasteiger partial charge in [-0.05, 0) is 50.3 Å². The molecule has 2 heterocycles. The highest BCUT2D eigenvalue weighted by molar-refractivity contribution is 6.30. The fraction of sp³-hybridized carbons (Fsp3) is 0.600. The quantitative estimate of drug-likeness (QED) is 0.738. The highest BCUT2D eigenvalue weighted by Gasteiger charge is 2.44. The molecule has 0 aliphatic carbocycles. The maximum Gasteiger partial charge on any atom is 0.312 e. The lowest BCUT2D eigenvalue weighted by atomic mass is 9.73. The topological polar surface area (TPSA) is 55.8 Å². The van der Waals surface area contributed by atoms with Crippen molar-refractivity contribution in [1.82, 2.24) is 4.90 Å². The fourth-order valence-electron chi connectivity index (χ4n) is 3.87. The Balaban J connectivity index is 1.70. The number of amides is 1. The molecule has 0 saturated carbocycles. The SMILES string of the molecule is CCOC(=O)C1(Cc2ccc(Cl)cc2)CCN(C(=O)C2CCOC2)CC1. The summed E-state index contributed by atoms with van der Waals surface area (Å²) in [6, 6.07) is 7.59. The van der Waals surface area contributed by atoms with E-state index >= 15 is 0 Å². The third-order valence-corrected chi connectivity index (χ3v) is 5.73. The molecule has 1 unspecified atom stereocenters. The molecule has 2 aliphatic rings. The Morgan fingerprint density at radius 3 is 2.54 bits per heavy atom. The molecule has 1 aromatic carbocycles. The van der Waals surface area contributed by atoms with Gasteiger partial charge in [0, 0.05) is 24.7 Å². The first-order valence-electron chi connectivity index (χ1n) is 9.32. The van der Waals surface area contributed by atoms with Crippen molar-refractivity contribution >= 4 is 23.5 Å². The Labute approximate surface area is 159 Å². The van der Waals surface area contributed by atoms with E-state index in [1.807, 2.05) is 36.1 Å². The van der Waals surface area contributed by atoms with Crippen LogP contribution in [0.1, 0.15) is 31.7 Å². The van der Waals surface area contributed by atoms with Crippen LogP contribution in [0.2, 0.25) is 5.02 Å². The number of piperidine rings is 1. The first kappa shape index (κ1) is 19.2. The van der Waals surface area contributed by atoms with Gasteiger partial charge in [-0.25, -0.2) is 0 Å². The van der Waals surface area contributed by atoms with E-state index in [0.29, 0.717) is 57.2 Å². The summed E-state index contributed by atoms with van der Waals surface area (Å²) in [5.74, 6) is -0.0286. The number of hydrogen-bond acceptors (Lipinski definition) is 4. The van der Waals surface area contributed by atoms with Crippen LogP contribution in [-0.4, -0.2) is 49.7 Å². The predicted octanol–water partition coefficient (Wildman–Crippen LogP) is 3.09. The number of halogens is 1. The van der Waals surface area contributed by atoms with Crippen LogP contribution in [0, 0.1) is 11.3 Å². The number of ether oxygens (including phenoxy) is 2. The van der Waals surface area contributed by atoms with Crippen molar-refractivity contribution in [3.05, 3.63) is 34.9 Å². The van der Waals surface area contributed by atoms with Crippen molar-refractivity contribution in [3.63, 3.8) is 0 Å². The van der Waals surface area contributed by atoms with Crippen LogP contribution in [-0.2, 0) is 25.5 Å². The van der Waals surface area contributed by atoms with Gasteiger partial charge in [-0.1, -0.05) is 23.7 Å². The highest BCUT2D eigenvalue weighted by atomic mass is 35.5. The Hall–Kier alpha value is -1.59. The molecular weight excluding hydrogens is 354 g/mol. The van der Waals surface area contributed by atoms with Crippen molar-refractivity contribution in [2.45, 2.75) is 32.6 Å². The van der Waals surface area contributed by atoms with Crippen LogP contribution in [0.5, 0.6) is 0 Å². The summed E-state index contributed by atoms with van der Waals surface area (Å²) in [6.07, 6.45) is 2.64. The summed E-state index contributed by atoms with van der Waals surface area (Å²) in [6.45, 7) is 4.54. The van der Waals surface area contributed by atoms with E-state index in [9.17, 15) is 9.59 Å². The number of nitrogens with zero attached hydrogens (tertiary/aromatic N) is 1. The molecule has 3 rings (SSSR count). The van der Waals surface area contributed by atoms with E-state index in [1.54, 1.807) is 0 Å². The lowest BCUT2D eigenvalue weighted by Gasteiger charge is -2.40. The number of hydrogen-bond donors (Lipinski definition) is 0. The van der Waals surface area contributed by atoms with Gasteiger partial charge in [0.2, 0.25) is 5.91 Å². The summed E-state index contributed by atoms with van der Waals surface area (Å²) in [5, 5.41) is 0.679. The number of carbonyl (C=O) groups is 2. The van der Waals surface area contributed by atoms with E-state index in [4.69, 9.17) is 21.1 Å². The van der Waals surface area contributed by atoms with E-state index in [-0.39, 0.29) is 17.8 Å². The zero-order chi connectivity index (χ0) is 18.6. The van der Waals surface area contributed by atoms with E-state index < -0.39 is 5.41 Å². The molecule has 0 bridgehead atoms. The van der Waals surface area contributed by atoms with Crippen LogP contribution in [0.25, 0.3) is 0 Å². The number of likely N-dealkylation sites (tertiary alicyclic amines) is 1. The fourth-order valence-corrected chi connectivity index (χ4v) is 4.00. The largest absolute Gasteiger partial charge is 0.466 e. The molecule has 2 aliphatic heterocycles. The van der Waals surface area contributed by atoms with Crippen molar-refractivity contribution in [2.24, 2.45) is 11.3 Å². The molecule has 0 N–H and O–H groups in total. The third kappa shape index (κ3) is 4.21. The van der Waals surface area contributed by atoms with Gasteiger partial charge in [0.05, 0.1) is 24.5 Å². The average molecular weight is 380 g/mol. The molecule has 26 heavy (non-hydrogen) atoms. The van der Waals surface area contributed by atoms with Crippen LogP contribution in [0.15, 0.2) is 24.3 Å². The van der Waals surface area contributed by atoms with Gasteiger partial charge in [0.15, 0.2) is 0 Å². The minimum absolute atomic E-state index is 0.0265. The van der Waals surface area contributed by atoms with Gasteiger partial charge >= 0.3 is 5.97 Å². The van der Waals surface area contributed by atoms with Crippen molar-refractivity contribution in [1.29, 1.82) is 0 Å². The zero-order valence-electron chi connectivity index (χ0n) is 15.2.